The van der Waals surface area contributed by atoms with Crippen LogP contribution in [0.15, 0.2) is 24.3 Å². The molecule has 1 unspecified atom stereocenters. The number of hydrogen-bond donors (Lipinski definition) is 1. The Bertz CT molecular complexity index is 410. The lowest BCUT2D eigenvalue weighted by Gasteiger charge is -2.22. The highest BCUT2D eigenvalue weighted by Gasteiger charge is 2.20. The minimum atomic E-state index is 0.0832. The number of Topliss-reactive ketones (excluding diaryl/α,β-unsaturated/α-hetero) is 1. The van der Waals surface area contributed by atoms with Gasteiger partial charge in [-0.05, 0) is 43.7 Å². The summed E-state index contributed by atoms with van der Waals surface area (Å²) in [7, 11) is 0. The molecule has 1 aromatic carbocycles. The van der Waals surface area contributed by atoms with Crippen LogP contribution in [0.25, 0.3) is 0 Å². The van der Waals surface area contributed by atoms with Gasteiger partial charge in [-0.2, -0.15) is 0 Å². The van der Waals surface area contributed by atoms with Crippen LogP contribution in [-0.2, 0) is 4.74 Å². The number of phenolic OH excluding ortho intramolecular Hbond substituents is 1. The fourth-order valence-electron chi connectivity index (χ4n) is 2.32. The van der Waals surface area contributed by atoms with Crippen molar-refractivity contribution in [3.63, 3.8) is 0 Å². The Morgan fingerprint density at radius 2 is 2.16 bits per heavy atom. The summed E-state index contributed by atoms with van der Waals surface area (Å²) in [5, 5.41) is 9.22. The van der Waals surface area contributed by atoms with Gasteiger partial charge in [-0.3, -0.25) is 9.69 Å². The molecule has 1 heterocycles. The van der Waals surface area contributed by atoms with Gasteiger partial charge in [-0.1, -0.05) is 6.92 Å². The van der Waals surface area contributed by atoms with Crippen LogP contribution in [0.5, 0.6) is 5.75 Å². The third-order valence-electron chi connectivity index (χ3n) is 3.49. The molecule has 1 fully saturated rings. The van der Waals surface area contributed by atoms with Crippen molar-refractivity contribution < 1.29 is 14.6 Å². The van der Waals surface area contributed by atoms with E-state index < -0.39 is 0 Å². The summed E-state index contributed by atoms with van der Waals surface area (Å²) in [6.07, 6.45) is 2.48. The second kappa shape index (κ2) is 6.68. The number of benzene rings is 1. The molecule has 1 aromatic rings. The molecule has 1 aliphatic heterocycles. The van der Waals surface area contributed by atoms with Crippen molar-refractivity contribution in [2.75, 3.05) is 26.2 Å². The van der Waals surface area contributed by atoms with Crippen LogP contribution in [-0.4, -0.2) is 48.1 Å². The third kappa shape index (κ3) is 4.04. The number of ether oxygens (including phenoxy) is 1. The molecule has 4 nitrogen and oxygen atoms in total. The Morgan fingerprint density at radius 3 is 2.74 bits per heavy atom. The summed E-state index contributed by atoms with van der Waals surface area (Å²) in [4.78, 5) is 14.3. The number of likely N-dealkylation sites (N-methyl/N-ethyl adjacent to an activating group) is 1. The average molecular weight is 263 g/mol. The number of carbonyl (C=O) groups excluding carboxylic acids is 1. The van der Waals surface area contributed by atoms with Crippen LogP contribution in [0, 0.1) is 0 Å². The lowest BCUT2D eigenvalue weighted by Crippen LogP contribution is -2.36. The molecule has 1 aliphatic rings. The lowest BCUT2D eigenvalue weighted by molar-refractivity contribution is 0.0686. The SMILES string of the molecule is CCN(CC(=O)c1ccc(O)cc1)CC1CCCO1. The van der Waals surface area contributed by atoms with Gasteiger partial charge in [0.1, 0.15) is 5.75 Å². The minimum Gasteiger partial charge on any atom is -0.508 e. The highest BCUT2D eigenvalue weighted by atomic mass is 16.5. The number of rotatable bonds is 6. The van der Waals surface area contributed by atoms with Crippen LogP contribution in [0.2, 0.25) is 0 Å². The molecule has 1 atom stereocenters. The maximum Gasteiger partial charge on any atom is 0.176 e. The molecule has 2 rings (SSSR count). The summed E-state index contributed by atoms with van der Waals surface area (Å²) in [6.45, 7) is 4.96. The van der Waals surface area contributed by atoms with Crippen molar-refractivity contribution in [1.29, 1.82) is 0 Å². The van der Waals surface area contributed by atoms with Crippen molar-refractivity contribution in [1.82, 2.24) is 4.90 Å². The first kappa shape index (κ1) is 14.0. The van der Waals surface area contributed by atoms with E-state index in [0.717, 1.165) is 32.5 Å². The predicted molar refractivity (Wildman–Crippen MR) is 73.5 cm³/mol. The number of hydrogen-bond acceptors (Lipinski definition) is 4. The van der Waals surface area contributed by atoms with Gasteiger partial charge in [0.15, 0.2) is 5.78 Å². The molecule has 0 aromatic heterocycles. The van der Waals surface area contributed by atoms with Crippen molar-refractivity contribution in [3.8, 4) is 5.75 Å². The zero-order valence-corrected chi connectivity index (χ0v) is 11.3. The van der Waals surface area contributed by atoms with E-state index in [1.165, 1.54) is 0 Å². The first-order chi connectivity index (χ1) is 9.19. The summed E-state index contributed by atoms with van der Waals surface area (Å²) >= 11 is 0. The van der Waals surface area contributed by atoms with Gasteiger partial charge in [0.05, 0.1) is 12.6 Å². The van der Waals surface area contributed by atoms with Crippen molar-refractivity contribution in [2.45, 2.75) is 25.9 Å². The maximum atomic E-state index is 12.1. The molecular formula is C15H21NO3. The predicted octanol–water partition coefficient (Wildman–Crippen LogP) is 2.08. The highest BCUT2D eigenvalue weighted by Crippen LogP contribution is 2.14. The quantitative estimate of drug-likeness (QED) is 0.798. The molecular weight excluding hydrogens is 242 g/mol. The summed E-state index contributed by atoms with van der Waals surface area (Å²) in [6, 6.07) is 6.42. The minimum absolute atomic E-state index is 0.0832. The van der Waals surface area contributed by atoms with Gasteiger partial charge < -0.3 is 9.84 Å². The molecule has 1 N–H and O–H groups in total. The highest BCUT2D eigenvalue weighted by molar-refractivity contribution is 5.97. The van der Waals surface area contributed by atoms with Gasteiger partial charge >= 0.3 is 0 Å². The van der Waals surface area contributed by atoms with E-state index in [0.29, 0.717) is 12.1 Å². The second-order valence-electron chi connectivity index (χ2n) is 4.93. The Balaban J connectivity index is 1.89. The molecule has 0 spiro atoms. The van der Waals surface area contributed by atoms with E-state index in [1.54, 1.807) is 24.3 Å². The zero-order valence-electron chi connectivity index (χ0n) is 11.3. The van der Waals surface area contributed by atoms with Crippen molar-refractivity contribution in [3.05, 3.63) is 29.8 Å². The third-order valence-corrected chi connectivity index (χ3v) is 3.49. The smallest absolute Gasteiger partial charge is 0.176 e. The fraction of sp³-hybridized carbons (Fsp3) is 0.533. The van der Waals surface area contributed by atoms with Crippen LogP contribution in [0.3, 0.4) is 0 Å². The van der Waals surface area contributed by atoms with Gasteiger partial charge in [-0.15, -0.1) is 0 Å². The Kier molecular flexibility index (Phi) is 4.93. The molecule has 0 radical (unpaired) electrons. The molecule has 0 amide bonds. The topological polar surface area (TPSA) is 49.8 Å². The van der Waals surface area contributed by atoms with Gasteiger partial charge in [0.25, 0.3) is 0 Å². The molecule has 19 heavy (non-hydrogen) atoms. The largest absolute Gasteiger partial charge is 0.508 e. The van der Waals surface area contributed by atoms with Crippen LogP contribution < -0.4 is 0 Å². The van der Waals surface area contributed by atoms with Gasteiger partial charge in [0.2, 0.25) is 0 Å². The second-order valence-corrected chi connectivity index (χ2v) is 4.93. The Hall–Kier alpha value is -1.39. The Labute approximate surface area is 114 Å². The maximum absolute atomic E-state index is 12.1. The van der Waals surface area contributed by atoms with E-state index in [4.69, 9.17) is 4.74 Å². The van der Waals surface area contributed by atoms with Crippen LogP contribution in [0.4, 0.5) is 0 Å². The molecule has 104 valence electrons. The molecule has 4 heteroatoms. The number of ketones is 1. The number of phenols is 1. The first-order valence-electron chi connectivity index (χ1n) is 6.85. The number of nitrogens with zero attached hydrogens (tertiary/aromatic N) is 1. The van der Waals surface area contributed by atoms with E-state index in [1.807, 2.05) is 0 Å². The van der Waals surface area contributed by atoms with Crippen LogP contribution in [0.1, 0.15) is 30.1 Å². The number of aromatic hydroxyl groups is 1. The molecule has 0 bridgehead atoms. The lowest BCUT2D eigenvalue weighted by atomic mass is 10.1. The standard InChI is InChI=1S/C15H21NO3/c1-2-16(10-14-4-3-9-19-14)11-15(18)12-5-7-13(17)8-6-12/h5-8,14,17H,2-4,9-11H2,1H3. The summed E-state index contributed by atoms with van der Waals surface area (Å²) in [5.74, 6) is 0.267. The monoisotopic (exact) mass is 263 g/mol. The van der Waals surface area contributed by atoms with E-state index in [2.05, 4.69) is 11.8 Å². The van der Waals surface area contributed by atoms with Crippen LogP contribution >= 0.6 is 0 Å². The van der Waals surface area contributed by atoms with Gasteiger partial charge in [0, 0.05) is 18.7 Å². The number of carbonyl (C=O) groups is 1. The zero-order chi connectivity index (χ0) is 13.7. The molecule has 1 saturated heterocycles. The van der Waals surface area contributed by atoms with Crippen molar-refractivity contribution in [2.24, 2.45) is 0 Å². The van der Waals surface area contributed by atoms with E-state index >= 15 is 0 Å². The summed E-state index contributed by atoms with van der Waals surface area (Å²) < 4.78 is 5.60. The average Bonchev–Trinajstić information content (AvgIpc) is 2.91. The molecule has 0 aliphatic carbocycles. The fourth-order valence-corrected chi connectivity index (χ4v) is 2.32. The van der Waals surface area contributed by atoms with Crippen molar-refractivity contribution >= 4 is 5.78 Å². The summed E-state index contributed by atoms with van der Waals surface area (Å²) in [5.41, 5.74) is 0.642. The van der Waals surface area contributed by atoms with E-state index in [9.17, 15) is 9.90 Å². The van der Waals surface area contributed by atoms with Gasteiger partial charge in [-0.25, -0.2) is 0 Å². The first-order valence-corrected chi connectivity index (χ1v) is 6.85. The van der Waals surface area contributed by atoms with E-state index in [-0.39, 0.29) is 17.6 Å². The molecule has 0 saturated carbocycles. The normalized spacial score (nSPS) is 18.9. The Morgan fingerprint density at radius 1 is 1.42 bits per heavy atom.